The minimum atomic E-state index is 0. The van der Waals surface area contributed by atoms with E-state index in [1.54, 1.807) is 0 Å². The lowest BCUT2D eigenvalue weighted by Crippen LogP contribution is -2.47. The summed E-state index contributed by atoms with van der Waals surface area (Å²) in [6, 6.07) is 18.0. The first-order valence-electron chi connectivity index (χ1n) is 12.4. The lowest BCUT2D eigenvalue weighted by Gasteiger charge is -2.34. The molecule has 184 valence electrons. The van der Waals surface area contributed by atoms with Gasteiger partial charge >= 0.3 is 0 Å². The van der Waals surface area contributed by atoms with Crippen molar-refractivity contribution in [3.8, 4) is 5.75 Å². The van der Waals surface area contributed by atoms with Crippen LogP contribution in [0.15, 0.2) is 59.6 Å². The van der Waals surface area contributed by atoms with Gasteiger partial charge in [0.25, 0.3) is 5.91 Å². The van der Waals surface area contributed by atoms with Crippen molar-refractivity contribution in [1.29, 1.82) is 0 Å². The van der Waals surface area contributed by atoms with Crippen LogP contribution < -0.4 is 10.1 Å². The first kappa shape index (κ1) is 26.3. The van der Waals surface area contributed by atoms with Gasteiger partial charge in [0.2, 0.25) is 0 Å². The molecular weight excluding hydrogens is 539 g/mol. The fraction of sp³-hybridized carbons (Fsp3) is 0.481. The SMILES string of the molecule is CCNC(=NCc1ccc(C(=O)N2CCCCC2)cc1)N1CCC(Oc2ccccc2)CC1.I. The summed E-state index contributed by atoms with van der Waals surface area (Å²) in [4.78, 5) is 21.9. The fourth-order valence-electron chi connectivity index (χ4n) is 4.50. The molecule has 7 heteroatoms. The summed E-state index contributed by atoms with van der Waals surface area (Å²) >= 11 is 0. The van der Waals surface area contributed by atoms with E-state index < -0.39 is 0 Å². The zero-order chi connectivity index (χ0) is 22.9. The number of piperidine rings is 2. The lowest BCUT2D eigenvalue weighted by molar-refractivity contribution is 0.0724. The number of likely N-dealkylation sites (tertiary alicyclic amines) is 2. The highest BCUT2D eigenvalue weighted by Crippen LogP contribution is 2.19. The Morgan fingerprint density at radius 3 is 2.26 bits per heavy atom. The number of halogens is 1. The number of guanidine groups is 1. The third kappa shape index (κ3) is 7.35. The molecule has 0 spiro atoms. The van der Waals surface area contributed by atoms with Crippen LogP contribution in [0.3, 0.4) is 0 Å². The van der Waals surface area contributed by atoms with E-state index in [1.165, 1.54) is 6.42 Å². The molecule has 2 saturated heterocycles. The molecule has 0 radical (unpaired) electrons. The topological polar surface area (TPSA) is 57.2 Å². The van der Waals surface area contributed by atoms with Gasteiger partial charge in [-0.15, -0.1) is 24.0 Å². The van der Waals surface area contributed by atoms with E-state index in [4.69, 9.17) is 9.73 Å². The number of nitrogens with zero attached hydrogens (tertiary/aromatic N) is 3. The molecule has 0 aromatic heterocycles. The van der Waals surface area contributed by atoms with Gasteiger partial charge in [0.05, 0.1) is 6.54 Å². The maximum atomic E-state index is 12.7. The van der Waals surface area contributed by atoms with E-state index in [0.29, 0.717) is 6.54 Å². The highest BCUT2D eigenvalue weighted by atomic mass is 127. The van der Waals surface area contributed by atoms with Gasteiger partial charge < -0.3 is 19.9 Å². The molecule has 1 amide bonds. The van der Waals surface area contributed by atoms with Crippen molar-refractivity contribution < 1.29 is 9.53 Å². The standard InChI is InChI=1S/C27H36N4O2.HI/c1-2-28-27(31-19-15-25(16-20-31)33-24-9-5-3-6-10-24)29-21-22-11-13-23(14-12-22)26(32)30-17-7-4-8-18-30;/h3,5-6,9-14,25H,2,4,7-8,15-21H2,1H3,(H,28,29);1H. The van der Waals surface area contributed by atoms with Crippen molar-refractivity contribution in [2.45, 2.75) is 51.7 Å². The molecule has 0 atom stereocenters. The minimum absolute atomic E-state index is 0. The molecule has 2 fully saturated rings. The van der Waals surface area contributed by atoms with Crippen molar-refractivity contribution in [3.05, 3.63) is 65.7 Å². The number of benzene rings is 2. The van der Waals surface area contributed by atoms with Gasteiger partial charge in [-0.3, -0.25) is 4.79 Å². The first-order chi connectivity index (χ1) is 16.2. The van der Waals surface area contributed by atoms with E-state index in [1.807, 2.05) is 59.5 Å². The predicted molar refractivity (Wildman–Crippen MR) is 148 cm³/mol. The van der Waals surface area contributed by atoms with E-state index in [-0.39, 0.29) is 36.0 Å². The molecule has 0 bridgehead atoms. The second-order valence-electron chi connectivity index (χ2n) is 8.84. The van der Waals surface area contributed by atoms with Crippen LogP contribution in [-0.4, -0.2) is 60.5 Å². The molecule has 2 heterocycles. The number of nitrogens with one attached hydrogen (secondary N) is 1. The number of amides is 1. The fourth-order valence-corrected chi connectivity index (χ4v) is 4.50. The Labute approximate surface area is 220 Å². The van der Waals surface area contributed by atoms with Gasteiger partial charge in [0.1, 0.15) is 11.9 Å². The van der Waals surface area contributed by atoms with Crippen molar-refractivity contribution >= 4 is 35.8 Å². The Kier molecular flexibility index (Phi) is 10.5. The van der Waals surface area contributed by atoms with Gasteiger partial charge in [-0.05, 0) is 56.0 Å². The molecule has 1 N–H and O–H groups in total. The minimum Gasteiger partial charge on any atom is -0.490 e. The molecule has 0 saturated carbocycles. The highest BCUT2D eigenvalue weighted by molar-refractivity contribution is 14.0. The summed E-state index contributed by atoms with van der Waals surface area (Å²) in [6.07, 6.45) is 5.66. The van der Waals surface area contributed by atoms with Crippen LogP contribution in [0.4, 0.5) is 0 Å². The molecule has 2 aliphatic heterocycles. The number of hydrogen-bond acceptors (Lipinski definition) is 3. The van der Waals surface area contributed by atoms with Crippen LogP contribution in [0, 0.1) is 0 Å². The molecule has 0 aliphatic carbocycles. The predicted octanol–water partition coefficient (Wildman–Crippen LogP) is 4.94. The average molecular weight is 577 g/mol. The smallest absolute Gasteiger partial charge is 0.253 e. The second kappa shape index (κ2) is 13.6. The summed E-state index contributed by atoms with van der Waals surface area (Å²) in [7, 11) is 0. The maximum Gasteiger partial charge on any atom is 0.253 e. The number of carbonyl (C=O) groups excluding carboxylic acids is 1. The molecule has 4 rings (SSSR count). The van der Waals surface area contributed by atoms with Crippen molar-refractivity contribution in [3.63, 3.8) is 0 Å². The molecule has 0 unspecified atom stereocenters. The lowest BCUT2D eigenvalue weighted by atomic mass is 10.1. The van der Waals surface area contributed by atoms with Crippen LogP contribution in [-0.2, 0) is 6.54 Å². The highest BCUT2D eigenvalue weighted by Gasteiger charge is 2.23. The summed E-state index contributed by atoms with van der Waals surface area (Å²) < 4.78 is 6.13. The molecule has 6 nitrogen and oxygen atoms in total. The summed E-state index contributed by atoms with van der Waals surface area (Å²) in [5.74, 6) is 2.04. The zero-order valence-electron chi connectivity index (χ0n) is 20.1. The van der Waals surface area contributed by atoms with Crippen molar-refractivity contribution in [2.24, 2.45) is 4.99 Å². The largest absolute Gasteiger partial charge is 0.490 e. The second-order valence-corrected chi connectivity index (χ2v) is 8.84. The van der Waals surface area contributed by atoms with Gasteiger partial charge in [0, 0.05) is 51.1 Å². The van der Waals surface area contributed by atoms with E-state index in [9.17, 15) is 4.79 Å². The zero-order valence-corrected chi connectivity index (χ0v) is 22.4. The Balaban J connectivity index is 0.00000324. The molecular formula is C27H37IN4O2. The Bertz CT molecular complexity index is 906. The van der Waals surface area contributed by atoms with Crippen LogP contribution in [0.1, 0.15) is 54.9 Å². The number of para-hydroxylation sites is 1. The van der Waals surface area contributed by atoms with Crippen molar-refractivity contribution in [1.82, 2.24) is 15.1 Å². The third-order valence-corrected chi connectivity index (χ3v) is 6.38. The number of carbonyl (C=O) groups is 1. The molecule has 2 aromatic rings. The number of hydrogen-bond donors (Lipinski definition) is 1. The summed E-state index contributed by atoms with van der Waals surface area (Å²) in [5.41, 5.74) is 1.89. The van der Waals surface area contributed by atoms with Crippen LogP contribution in [0.2, 0.25) is 0 Å². The normalized spacial score (nSPS) is 17.1. The van der Waals surface area contributed by atoms with Gasteiger partial charge in [0.15, 0.2) is 5.96 Å². The number of ether oxygens (including phenoxy) is 1. The van der Waals surface area contributed by atoms with E-state index in [0.717, 1.165) is 81.2 Å². The van der Waals surface area contributed by atoms with Gasteiger partial charge in [-0.25, -0.2) is 4.99 Å². The Hall–Kier alpha value is -2.29. The third-order valence-electron chi connectivity index (χ3n) is 6.38. The van der Waals surface area contributed by atoms with Crippen LogP contribution >= 0.6 is 24.0 Å². The maximum absolute atomic E-state index is 12.7. The quantitative estimate of drug-likeness (QED) is 0.301. The first-order valence-corrected chi connectivity index (χ1v) is 12.4. The van der Waals surface area contributed by atoms with Crippen molar-refractivity contribution in [2.75, 3.05) is 32.7 Å². The number of aliphatic imine (C=N–C) groups is 1. The Morgan fingerprint density at radius 2 is 1.62 bits per heavy atom. The van der Waals surface area contributed by atoms with Crippen LogP contribution in [0.25, 0.3) is 0 Å². The van der Waals surface area contributed by atoms with Gasteiger partial charge in [-0.1, -0.05) is 30.3 Å². The summed E-state index contributed by atoms with van der Waals surface area (Å²) in [5, 5.41) is 3.43. The molecule has 34 heavy (non-hydrogen) atoms. The van der Waals surface area contributed by atoms with Gasteiger partial charge in [-0.2, -0.15) is 0 Å². The van der Waals surface area contributed by atoms with E-state index in [2.05, 4.69) is 17.1 Å². The van der Waals surface area contributed by atoms with E-state index >= 15 is 0 Å². The summed E-state index contributed by atoms with van der Waals surface area (Å²) in [6.45, 7) is 7.14. The Morgan fingerprint density at radius 1 is 0.941 bits per heavy atom. The number of rotatable bonds is 6. The monoisotopic (exact) mass is 576 g/mol. The van der Waals surface area contributed by atoms with Crippen LogP contribution in [0.5, 0.6) is 5.75 Å². The molecule has 2 aliphatic rings. The average Bonchev–Trinajstić information content (AvgIpc) is 2.88. The molecule has 2 aromatic carbocycles.